The molecule has 3 heterocycles. The summed E-state index contributed by atoms with van der Waals surface area (Å²) in [7, 11) is 0. The van der Waals surface area contributed by atoms with Crippen LogP contribution in [-0.4, -0.2) is 17.0 Å². The summed E-state index contributed by atoms with van der Waals surface area (Å²) in [5.41, 5.74) is 6.96. The molecule has 17 heavy (non-hydrogen) atoms. The van der Waals surface area contributed by atoms with Gasteiger partial charge in [0, 0.05) is 12.4 Å². The largest absolute Gasteiger partial charge is 0.366 e. The second-order valence-corrected chi connectivity index (χ2v) is 4.79. The second-order valence-electron chi connectivity index (χ2n) is 3.84. The number of nitrogens with zero attached hydrogens (tertiary/aromatic N) is 1. The van der Waals surface area contributed by atoms with Gasteiger partial charge in [0.25, 0.3) is 0 Å². The van der Waals surface area contributed by atoms with Crippen molar-refractivity contribution < 1.29 is 4.79 Å². The molecule has 0 spiro atoms. The number of carbonyl (C=O) groups is 1. The van der Waals surface area contributed by atoms with Crippen molar-refractivity contribution in [3.8, 4) is 0 Å². The van der Waals surface area contributed by atoms with Gasteiger partial charge in [-0.05, 0) is 23.6 Å². The average Bonchev–Trinajstić information content (AvgIpc) is 2.96. The topological polar surface area (TPSA) is 58.4 Å². The molecule has 1 amide bonds. The van der Waals surface area contributed by atoms with E-state index in [1.54, 1.807) is 17.4 Å². The van der Waals surface area contributed by atoms with Crippen molar-refractivity contribution in [2.75, 3.05) is 0 Å². The van der Waals surface area contributed by atoms with E-state index in [2.05, 4.69) is 5.32 Å². The highest BCUT2D eigenvalue weighted by molar-refractivity contribution is 7.11. The number of amides is 1. The predicted octanol–water partition coefficient (Wildman–Crippen LogP) is 1.22. The molecule has 0 saturated heterocycles. The summed E-state index contributed by atoms with van der Waals surface area (Å²) in [4.78, 5) is 14.4. The van der Waals surface area contributed by atoms with Gasteiger partial charge in [-0.3, -0.25) is 4.79 Å². The van der Waals surface area contributed by atoms with Crippen LogP contribution in [0.15, 0.2) is 47.6 Å². The Balaban J connectivity index is 1.91. The van der Waals surface area contributed by atoms with E-state index in [4.69, 9.17) is 5.73 Å². The van der Waals surface area contributed by atoms with Crippen LogP contribution < -0.4 is 11.1 Å². The van der Waals surface area contributed by atoms with E-state index < -0.39 is 5.91 Å². The van der Waals surface area contributed by atoms with Crippen LogP contribution in [0.5, 0.6) is 0 Å². The van der Waals surface area contributed by atoms with Crippen LogP contribution in [0.1, 0.15) is 4.88 Å². The maximum atomic E-state index is 11.3. The van der Waals surface area contributed by atoms with E-state index >= 15 is 0 Å². The van der Waals surface area contributed by atoms with Crippen LogP contribution >= 0.6 is 11.3 Å². The molecule has 5 heteroatoms. The molecule has 1 aromatic heterocycles. The molecule has 3 rings (SSSR count). The quantitative estimate of drug-likeness (QED) is 0.823. The Bertz CT molecular complexity index is 542. The van der Waals surface area contributed by atoms with Crippen LogP contribution in [-0.2, 0) is 4.79 Å². The molecule has 1 unspecified atom stereocenters. The second kappa shape index (κ2) is 3.78. The van der Waals surface area contributed by atoms with Gasteiger partial charge in [-0.25, -0.2) is 0 Å². The summed E-state index contributed by atoms with van der Waals surface area (Å²) in [6, 6.07) is 4.04. The van der Waals surface area contributed by atoms with Crippen molar-refractivity contribution in [2.24, 2.45) is 5.73 Å². The van der Waals surface area contributed by atoms with Gasteiger partial charge in [0.05, 0.1) is 16.1 Å². The maximum absolute atomic E-state index is 11.3. The Hall–Kier alpha value is -2.01. The predicted molar refractivity (Wildman–Crippen MR) is 67.5 cm³/mol. The summed E-state index contributed by atoms with van der Waals surface area (Å²) >= 11 is 1.66. The monoisotopic (exact) mass is 245 g/mol. The highest BCUT2D eigenvalue weighted by Crippen LogP contribution is 2.28. The number of nitrogens with one attached hydrogen (secondary N) is 1. The standard InChI is InChI=1S/C12H11N3OS/c13-11(16)8-3-1-5-15-7-9(14-12(8)15)10-4-2-6-17-10/h1-7,12,14H,(H2,13,16). The zero-order valence-corrected chi connectivity index (χ0v) is 9.78. The van der Waals surface area contributed by atoms with Crippen molar-refractivity contribution in [1.82, 2.24) is 10.2 Å². The number of thiophene rings is 1. The van der Waals surface area contributed by atoms with Crippen molar-refractivity contribution in [1.29, 1.82) is 0 Å². The highest BCUT2D eigenvalue weighted by atomic mass is 32.1. The van der Waals surface area contributed by atoms with Crippen molar-refractivity contribution in [3.63, 3.8) is 0 Å². The van der Waals surface area contributed by atoms with Gasteiger partial charge in [-0.15, -0.1) is 11.3 Å². The lowest BCUT2D eigenvalue weighted by Gasteiger charge is -2.25. The van der Waals surface area contributed by atoms with E-state index in [1.165, 1.54) is 0 Å². The van der Waals surface area contributed by atoms with Crippen LogP contribution in [0, 0.1) is 0 Å². The van der Waals surface area contributed by atoms with Gasteiger partial charge in [0.1, 0.15) is 6.17 Å². The van der Waals surface area contributed by atoms with E-state index in [-0.39, 0.29) is 6.17 Å². The lowest BCUT2D eigenvalue weighted by atomic mass is 10.1. The van der Waals surface area contributed by atoms with Gasteiger partial charge in [0.2, 0.25) is 5.91 Å². The normalized spacial score (nSPS) is 21.6. The number of fused-ring (bicyclic) bond motifs is 1. The van der Waals surface area contributed by atoms with Crippen molar-refractivity contribution in [3.05, 3.63) is 52.5 Å². The third-order valence-electron chi connectivity index (χ3n) is 2.77. The zero-order chi connectivity index (χ0) is 11.8. The zero-order valence-electron chi connectivity index (χ0n) is 8.96. The Morgan fingerprint density at radius 3 is 3.12 bits per heavy atom. The molecular weight excluding hydrogens is 234 g/mol. The third-order valence-corrected chi connectivity index (χ3v) is 3.67. The third kappa shape index (κ3) is 1.64. The first-order chi connectivity index (χ1) is 8.25. The summed E-state index contributed by atoms with van der Waals surface area (Å²) in [6.45, 7) is 0. The number of allylic oxidation sites excluding steroid dienone is 2. The molecule has 0 radical (unpaired) electrons. The first-order valence-electron chi connectivity index (χ1n) is 5.23. The van der Waals surface area contributed by atoms with Crippen LogP contribution in [0.25, 0.3) is 5.70 Å². The molecule has 0 aliphatic carbocycles. The van der Waals surface area contributed by atoms with Gasteiger partial charge in [0.15, 0.2) is 0 Å². The van der Waals surface area contributed by atoms with Gasteiger partial charge < -0.3 is 16.0 Å². The lowest BCUT2D eigenvalue weighted by molar-refractivity contribution is -0.115. The molecule has 1 atom stereocenters. The molecule has 4 nitrogen and oxygen atoms in total. The number of nitrogens with two attached hydrogens (primary N) is 1. The molecule has 0 aromatic carbocycles. The molecular formula is C12H11N3OS. The van der Waals surface area contributed by atoms with Crippen LogP contribution in [0.2, 0.25) is 0 Å². The van der Waals surface area contributed by atoms with Gasteiger partial charge >= 0.3 is 0 Å². The van der Waals surface area contributed by atoms with E-state index in [9.17, 15) is 4.79 Å². The average molecular weight is 245 g/mol. The fraction of sp³-hybridized carbons (Fsp3) is 0.0833. The number of primary amides is 1. The maximum Gasteiger partial charge on any atom is 0.248 e. The summed E-state index contributed by atoms with van der Waals surface area (Å²) in [5, 5.41) is 5.33. The molecule has 0 saturated carbocycles. The van der Waals surface area contributed by atoms with E-state index in [0.29, 0.717) is 5.57 Å². The van der Waals surface area contributed by atoms with E-state index in [0.717, 1.165) is 10.6 Å². The van der Waals surface area contributed by atoms with Crippen molar-refractivity contribution in [2.45, 2.75) is 6.17 Å². The Kier molecular flexibility index (Phi) is 2.26. The van der Waals surface area contributed by atoms with Gasteiger partial charge in [-0.1, -0.05) is 6.07 Å². The molecule has 2 aliphatic rings. The molecule has 86 valence electrons. The molecule has 1 aromatic rings. The lowest BCUT2D eigenvalue weighted by Crippen LogP contribution is -2.40. The fourth-order valence-electron chi connectivity index (χ4n) is 1.97. The number of carbonyl (C=O) groups excluding carboxylic acids is 1. The minimum atomic E-state index is -0.391. The minimum absolute atomic E-state index is 0.172. The highest BCUT2D eigenvalue weighted by Gasteiger charge is 2.30. The Labute approximate surface area is 103 Å². The number of rotatable bonds is 2. The fourth-order valence-corrected chi connectivity index (χ4v) is 2.67. The van der Waals surface area contributed by atoms with E-state index in [1.807, 2.05) is 40.9 Å². The molecule has 3 N–H and O–H groups in total. The first-order valence-corrected chi connectivity index (χ1v) is 6.11. The first kappa shape index (κ1) is 10.2. The molecule has 2 aliphatic heterocycles. The SMILES string of the molecule is NC(=O)C1=CC=CN2C=C(c3cccs3)NC12. The van der Waals surface area contributed by atoms with Crippen LogP contribution in [0.4, 0.5) is 0 Å². The Morgan fingerprint density at radius 2 is 2.41 bits per heavy atom. The smallest absolute Gasteiger partial charge is 0.248 e. The molecule has 0 bridgehead atoms. The molecule has 0 fully saturated rings. The Morgan fingerprint density at radius 1 is 1.53 bits per heavy atom. The minimum Gasteiger partial charge on any atom is -0.366 e. The summed E-state index contributed by atoms with van der Waals surface area (Å²) in [6.07, 6.45) is 7.32. The van der Waals surface area contributed by atoms with Crippen LogP contribution in [0.3, 0.4) is 0 Å². The number of hydrogen-bond acceptors (Lipinski definition) is 4. The number of hydrogen-bond donors (Lipinski definition) is 2. The summed E-state index contributed by atoms with van der Waals surface area (Å²) in [5.74, 6) is -0.391. The summed E-state index contributed by atoms with van der Waals surface area (Å²) < 4.78 is 0. The van der Waals surface area contributed by atoms with Crippen molar-refractivity contribution >= 4 is 22.9 Å². The van der Waals surface area contributed by atoms with Gasteiger partial charge in [-0.2, -0.15) is 0 Å².